The van der Waals surface area contributed by atoms with Crippen molar-refractivity contribution in [3.8, 4) is 0 Å². The van der Waals surface area contributed by atoms with Crippen LogP contribution in [0.5, 0.6) is 0 Å². The molecule has 172 valence electrons. The zero-order valence-corrected chi connectivity index (χ0v) is 19.9. The first kappa shape index (κ1) is 22.6. The molecule has 3 heterocycles. The van der Waals surface area contributed by atoms with Gasteiger partial charge in [-0.1, -0.05) is 37.2 Å². The number of nitrogens with zero attached hydrogens (tertiary/aromatic N) is 5. The van der Waals surface area contributed by atoms with Gasteiger partial charge in [-0.2, -0.15) is 0 Å². The highest BCUT2D eigenvalue weighted by Gasteiger charge is 2.30. The molecule has 1 N–H and O–H groups in total. The number of hydrogen-bond acceptors (Lipinski definition) is 5. The molecule has 0 radical (unpaired) electrons. The number of fused-ring (bicyclic) bond motifs is 3. The molecule has 4 rings (SSSR count). The Morgan fingerprint density at radius 1 is 1.12 bits per heavy atom. The van der Waals surface area contributed by atoms with Crippen molar-refractivity contribution in [2.24, 2.45) is 0 Å². The average molecular weight is 457 g/mol. The van der Waals surface area contributed by atoms with Gasteiger partial charge in [-0.3, -0.25) is 18.6 Å². The highest BCUT2D eigenvalue weighted by atomic mass is 32.2. The molecule has 2 amide bonds. The van der Waals surface area contributed by atoms with Crippen molar-refractivity contribution in [2.75, 3.05) is 12.3 Å². The van der Waals surface area contributed by atoms with E-state index < -0.39 is 0 Å². The summed E-state index contributed by atoms with van der Waals surface area (Å²) >= 11 is 1.37. The molecule has 3 aromatic rings. The molecule has 0 bridgehead atoms. The zero-order chi connectivity index (χ0) is 22.7. The smallest absolute Gasteiger partial charge is 0.243 e. The number of carbonyl (C=O) groups excluding carboxylic acids is 2. The minimum absolute atomic E-state index is 0.00723. The van der Waals surface area contributed by atoms with Crippen molar-refractivity contribution in [3.05, 3.63) is 24.3 Å². The van der Waals surface area contributed by atoms with Gasteiger partial charge in [-0.25, -0.2) is 0 Å². The van der Waals surface area contributed by atoms with Gasteiger partial charge in [0.15, 0.2) is 5.16 Å². The first-order valence-corrected chi connectivity index (χ1v) is 12.5. The van der Waals surface area contributed by atoms with E-state index in [0.717, 1.165) is 36.7 Å². The van der Waals surface area contributed by atoms with Crippen LogP contribution in [-0.2, 0) is 16.1 Å². The fourth-order valence-electron chi connectivity index (χ4n) is 4.60. The first-order valence-electron chi connectivity index (χ1n) is 11.5. The summed E-state index contributed by atoms with van der Waals surface area (Å²) < 4.78 is 3.90. The Kier molecular flexibility index (Phi) is 7.03. The Labute approximate surface area is 192 Å². The summed E-state index contributed by atoms with van der Waals surface area (Å²) in [6.45, 7) is 7.29. The fraction of sp³-hybridized carbons (Fsp3) is 0.565. The van der Waals surface area contributed by atoms with Crippen molar-refractivity contribution in [3.63, 3.8) is 0 Å². The number of imidazole rings is 1. The van der Waals surface area contributed by atoms with Crippen LogP contribution in [0, 0.1) is 0 Å². The molecule has 2 aromatic heterocycles. The monoisotopic (exact) mass is 456 g/mol. The van der Waals surface area contributed by atoms with Crippen molar-refractivity contribution in [1.82, 2.24) is 29.4 Å². The lowest BCUT2D eigenvalue weighted by Gasteiger charge is -2.39. The van der Waals surface area contributed by atoms with Gasteiger partial charge in [0, 0.05) is 18.6 Å². The second-order valence-electron chi connectivity index (χ2n) is 8.61. The largest absolute Gasteiger partial charge is 0.355 e. The highest BCUT2D eigenvalue weighted by molar-refractivity contribution is 7.99. The number of piperidine rings is 1. The minimum atomic E-state index is -0.00723. The number of carbonyl (C=O) groups is 2. The lowest BCUT2D eigenvalue weighted by molar-refractivity contribution is -0.137. The van der Waals surface area contributed by atoms with Gasteiger partial charge in [0.05, 0.1) is 16.8 Å². The highest BCUT2D eigenvalue weighted by Crippen LogP contribution is 2.27. The number of hydrogen-bond donors (Lipinski definition) is 1. The predicted octanol–water partition coefficient (Wildman–Crippen LogP) is 3.48. The lowest BCUT2D eigenvalue weighted by Crippen LogP contribution is -2.48. The van der Waals surface area contributed by atoms with E-state index in [9.17, 15) is 9.59 Å². The van der Waals surface area contributed by atoms with Gasteiger partial charge in [0.2, 0.25) is 17.6 Å². The third kappa shape index (κ3) is 4.48. The zero-order valence-electron chi connectivity index (χ0n) is 19.1. The van der Waals surface area contributed by atoms with Crippen LogP contribution in [0.3, 0.4) is 0 Å². The van der Waals surface area contributed by atoms with Crippen molar-refractivity contribution in [1.29, 1.82) is 0 Å². The summed E-state index contributed by atoms with van der Waals surface area (Å²) in [6.07, 6.45) is 5.28. The van der Waals surface area contributed by atoms with E-state index in [1.807, 2.05) is 38.1 Å². The van der Waals surface area contributed by atoms with E-state index in [4.69, 9.17) is 0 Å². The third-order valence-electron chi connectivity index (χ3n) is 6.23. The summed E-state index contributed by atoms with van der Waals surface area (Å²) in [5.41, 5.74) is 1.88. The summed E-state index contributed by atoms with van der Waals surface area (Å²) in [4.78, 5) is 27.5. The SMILES string of the molecule is CCCCNC(=O)CSc1nnc2n(CC(=O)N3[C@H](C)CCC[C@H]3C)c3ccccc3n12. The molecule has 1 aromatic carbocycles. The van der Waals surface area contributed by atoms with Crippen LogP contribution in [0.25, 0.3) is 16.8 Å². The Balaban J connectivity index is 1.59. The lowest BCUT2D eigenvalue weighted by atomic mass is 9.97. The molecule has 0 spiro atoms. The van der Waals surface area contributed by atoms with Crippen LogP contribution >= 0.6 is 11.8 Å². The predicted molar refractivity (Wildman–Crippen MR) is 127 cm³/mol. The second-order valence-corrected chi connectivity index (χ2v) is 9.56. The van der Waals surface area contributed by atoms with Gasteiger partial charge >= 0.3 is 0 Å². The maximum Gasteiger partial charge on any atom is 0.243 e. The Hall–Kier alpha value is -2.55. The number of thioether (sulfide) groups is 1. The van der Waals surface area contributed by atoms with E-state index in [1.54, 1.807) is 0 Å². The van der Waals surface area contributed by atoms with Gasteiger partial charge in [0.1, 0.15) is 6.54 Å². The van der Waals surface area contributed by atoms with Crippen LogP contribution in [0.1, 0.15) is 52.9 Å². The summed E-state index contributed by atoms with van der Waals surface area (Å²) in [6, 6.07) is 8.44. The van der Waals surface area contributed by atoms with Crippen molar-refractivity contribution in [2.45, 2.75) is 76.7 Å². The molecule has 2 atom stereocenters. The molecule has 32 heavy (non-hydrogen) atoms. The molecule has 9 heteroatoms. The summed E-state index contributed by atoms with van der Waals surface area (Å²) in [5.74, 6) is 1.02. The molecule has 1 aliphatic heterocycles. The minimum Gasteiger partial charge on any atom is -0.355 e. The van der Waals surface area contributed by atoms with Crippen LogP contribution in [0.4, 0.5) is 0 Å². The van der Waals surface area contributed by atoms with E-state index in [1.165, 1.54) is 18.2 Å². The van der Waals surface area contributed by atoms with Crippen LogP contribution < -0.4 is 5.32 Å². The number of likely N-dealkylation sites (tertiary alicyclic amines) is 1. The topological polar surface area (TPSA) is 84.5 Å². The Morgan fingerprint density at radius 2 is 1.84 bits per heavy atom. The molecule has 0 unspecified atom stereocenters. The molecular formula is C23H32N6O2S. The number of aromatic nitrogens is 4. The van der Waals surface area contributed by atoms with Crippen LogP contribution in [-0.4, -0.2) is 60.3 Å². The van der Waals surface area contributed by atoms with E-state index in [0.29, 0.717) is 17.5 Å². The van der Waals surface area contributed by atoms with Gasteiger partial charge < -0.3 is 10.2 Å². The summed E-state index contributed by atoms with van der Waals surface area (Å²) in [7, 11) is 0. The quantitative estimate of drug-likeness (QED) is 0.414. The van der Waals surface area contributed by atoms with Crippen LogP contribution in [0.2, 0.25) is 0 Å². The van der Waals surface area contributed by atoms with Crippen molar-refractivity contribution >= 4 is 40.4 Å². The van der Waals surface area contributed by atoms with E-state index >= 15 is 0 Å². The Morgan fingerprint density at radius 3 is 2.56 bits per heavy atom. The number of para-hydroxylation sites is 2. The van der Waals surface area contributed by atoms with E-state index in [2.05, 4.69) is 36.3 Å². The van der Waals surface area contributed by atoms with Crippen molar-refractivity contribution < 1.29 is 9.59 Å². The maximum atomic E-state index is 13.3. The molecule has 1 saturated heterocycles. The molecule has 1 fully saturated rings. The first-order chi connectivity index (χ1) is 15.5. The standard InChI is InChI=1S/C23H32N6O2S/c1-4-5-13-24-20(30)15-32-23-26-25-22-27(18-11-6-7-12-19(18)29(22)23)14-21(31)28-16(2)9-8-10-17(28)3/h6-7,11-12,16-17H,4-5,8-10,13-15H2,1-3H3,(H,24,30)/t16-,17-/m1/s1. The molecule has 0 saturated carbocycles. The number of benzene rings is 1. The fourth-order valence-corrected chi connectivity index (χ4v) is 5.37. The maximum absolute atomic E-state index is 13.3. The molecule has 0 aliphatic carbocycles. The van der Waals surface area contributed by atoms with Gasteiger partial charge in [-0.05, 0) is 51.7 Å². The Bertz CT molecular complexity index is 1100. The van der Waals surface area contributed by atoms with Gasteiger partial charge in [-0.15, -0.1) is 10.2 Å². The molecular weight excluding hydrogens is 424 g/mol. The third-order valence-corrected chi connectivity index (χ3v) is 7.16. The van der Waals surface area contributed by atoms with Crippen LogP contribution in [0.15, 0.2) is 29.4 Å². The number of amides is 2. The number of unbranched alkanes of at least 4 members (excludes halogenated alkanes) is 1. The molecule has 1 aliphatic rings. The molecule has 8 nitrogen and oxygen atoms in total. The number of nitrogens with one attached hydrogen (secondary N) is 1. The normalized spacial score (nSPS) is 19.0. The average Bonchev–Trinajstić information content (AvgIpc) is 3.32. The van der Waals surface area contributed by atoms with Gasteiger partial charge in [0.25, 0.3) is 0 Å². The summed E-state index contributed by atoms with van der Waals surface area (Å²) in [5, 5.41) is 12.3. The second kappa shape index (κ2) is 9.94. The van der Waals surface area contributed by atoms with E-state index in [-0.39, 0.29) is 36.2 Å². The number of rotatable bonds is 8.